The summed E-state index contributed by atoms with van der Waals surface area (Å²) in [6.07, 6.45) is 5.08. The molecule has 2 aromatic rings. The van der Waals surface area contributed by atoms with E-state index in [1.165, 1.54) is 6.20 Å². The van der Waals surface area contributed by atoms with Gasteiger partial charge < -0.3 is 5.11 Å². The fourth-order valence-electron chi connectivity index (χ4n) is 1.38. The number of rotatable bonds is 4. The molecule has 0 fully saturated rings. The van der Waals surface area contributed by atoms with Gasteiger partial charge in [-0.25, -0.2) is 0 Å². The Morgan fingerprint density at radius 2 is 2.40 bits per heavy atom. The van der Waals surface area contributed by atoms with Crippen molar-refractivity contribution in [2.75, 3.05) is 0 Å². The van der Waals surface area contributed by atoms with Crippen molar-refractivity contribution in [3.05, 3.63) is 29.8 Å². The van der Waals surface area contributed by atoms with Crippen molar-refractivity contribution in [1.29, 1.82) is 0 Å². The van der Waals surface area contributed by atoms with Crippen LogP contribution in [0.5, 0.6) is 0 Å². The summed E-state index contributed by atoms with van der Waals surface area (Å²) >= 11 is 0. The molecule has 0 aromatic carbocycles. The Balaban J connectivity index is 2.02. The normalized spacial score (nSPS) is 12.9. The first-order valence-corrected chi connectivity index (χ1v) is 4.84. The zero-order chi connectivity index (χ0) is 10.7. The van der Waals surface area contributed by atoms with Crippen LogP contribution in [0.15, 0.2) is 18.6 Å². The predicted molar refractivity (Wildman–Crippen MR) is 52.9 cm³/mol. The van der Waals surface area contributed by atoms with Gasteiger partial charge in [0, 0.05) is 19.2 Å². The van der Waals surface area contributed by atoms with Gasteiger partial charge in [0.05, 0.1) is 12.4 Å². The second-order valence-electron chi connectivity index (χ2n) is 3.32. The highest BCUT2D eigenvalue weighted by molar-refractivity contribution is 5.09. The molecule has 6 heteroatoms. The van der Waals surface area contributed by atoms with Crippen LogP contribution in [0.3, 0.4) is 0 Å². The number of aryl methyl sites for hydroxylation is 1. The lowest BCUT2D eigenvalue weighted by Crippen LogP contribution is -2.01. The molecule has 2 rings (SSSR count). The maximum atomic E-state index is 9.79. The lowest BCUT2D eigenvalue weighted by atomic mass is 10.1. The summed E-state index contributed by atoms with van der Waals surface area (Å²) in [5.74, 6) is 0. The molecule has 2 N–H and O–H groups in total. The van der Waals surface area contributed by atoms with Crippen LogP contribution in [0, 0.1) is 0 Å². The number of hydrogen-bond acceptors (Lipinski definition) is 4. The Bertz CT molecular complexity index is 408. The van der Waals surface area contributed by atoms with Crippen LogP contribution in [0.2, 0.25) is 0 Å². The number of nitrogens with zero attached hydrogens (tertiary/aromatic N) is 4. The average Bonchev–Trinajstić information content (AvgIpc) is 2.87. The van der Waals surface area contributed by atoms with Crippen molar-refractivity contribution in [3.8, 4) is 0 Å². The summed E-state index contributed by atoms with van der Waals surface area (Å²) in [6, 6.07) is 0. The van der Waals surface area contributed by atoms with E-state index in [9.17, 15) is 5.11 Å². The number of aliphatic hydroxyl groups is 1. The monoisotopic (exact) mass is 207 g/mol. The van der Waals surface area contributed by atoms with E-state index in [0.717, 1.165) is 12.1 Å². The van der Waals surface area contributed by atoms with Crippen molar-refractivity contribution in [2.45, 2.75) is 26.0 Å². The maximum absolute atomic E-state index is 9.79. The molecule has 2 aromatic heterocycles. The Labute approximate surface area is 86.9 Å². The molecule has 0 aliphatic rings. The third-order valence-corrected chi connectivity index (χ3v) is 2.21. The van der Waals surface area contributed by atoms with Gasteiger partial charge in [-0.3, -0.25) is 4.68 Å². The van der Waals surface area contributed by atoms with Gasteiger partial charge >= 0.3 is 0 Å². The molecule has 2 heterocycles. The van der Waals surface area contributed by atoms with Crippen molar-refractivity contribution >= 4 is 0 Å². The number of H-pyrrole nitrogens is 1. The molecule has 0 saturated heterocycles. The first-order chi connectivity index (χ1) is 7.29. The van der Waals surface area contributed by atoms with Gasteiger partial charge in [0.25, 0.3) is 0 Å². The molecule has 0 aliphatic carbocycles. The molecular formula is C9H13N5O. The third-order valence-electron chi connectivity index (χ3n) is 2.21. The Hall–Kier alpha value is -1.69. The van der Waals surface area contributed by atoms with E-state index in [1.54, 1.807) is 6.20 Å². The zero-order valence-corrected chi connectivity index (χ0v) is 8.46. The van der Waals surface area contributed by atoms with Crippen LogP contribution in [-0.4, -0.2) is 30.3 Å². The molecule has 0 spiro atoms. The van der Waals surface area contributed by atoms with Crippen molar-refractivity contribution in [1.82, 2.24) is 25.2 Å². The van der Waals surface area contributed by atoms with Gasteiger partial charge in [0.1, 0.15) is 11.8 Å². The van der Waals surface area contributed by atoms with Crippen LogP contribution in [0.25, 0.3) is 0 Å². The number of aliphatic hydroxyl groups excluding tert-OH is 1. The van der Waals surface area contributed by atoms with Crippen LogP contribution in [-0.2, 0) is 13.0 Å². The summed E-state index contributed by atoms with van der Waals surface area (Å²) in [4.78, 5) is 0. The Morgan fingerprint density at radius 1 is 1.53 bits per heavy atom. The summed E-state index contributed by atoms with van der Waals surface area (Å²) in [5.41, 5.74) is 1.55. The first kappa shape index (κ1) is 9.85. The lowest BCUT2D eigenvalue weighted by Gasteiger charge is -2.03. The van der Waals surface area contributed by atoms with Gasteiger partial charge in [-0.15, -0.1) is 0 Å². The van der Waals surface area contributed by atoms with E-state index in [0.29, 0.717) is 12.1 Å². The number of nitrogens with one attached hydrogen (secondary N) is 1. The molecule has 1 atom stereocenters. The molecule has 0 aliphatic heterocycles. The average molecular weight is 207 g/mol. The van der Waals surface area contributed by atoms with Gasteiger partial charge in [0.2, 0.25) is 0 Å². The van der Waals surface area contributed by atoms with Crippen LogP contribution in [0.1, 0.15) is 24.3 Å². The Kier molecular flexibility index (Phi) is 2.77. The quantitative estimate of drug-likeness (QED) is 0.755. The number of aromatic nitrogens is 5. The summed E-state index contributed by atoms with van der Waals surface area (Å²) < 4.78 is 1.82. The topological polar surface area (TPSA) is 79.6 Å². The lowest BCUT2D eigenvalue weighted by molar-refractivity contribution is 0.173. The van der Waals surface area contributed by atoms with Gasteiger partial charge in [-0.1, -0.05) is 0 Å². The van der Waals surface area contributed by atoms with Gasteiger partial charge in [-0.05, 0) is 12.5 Å². The van der Waals surface area contributed by atoms with E-state index in [2.05, 4.69) is 20.5 Å². The van der Waals surface area contributed by atoms with Crippen molar-refractivity contribution < 1.29 is 5.11 Å². The molecule has 0 amide bonds. The van der Waals surface area contributed by atoms with Crippen LogP contribution < -0.4 is 0 Å². The molecule has 1 unspecified atom stereocenters. The fourth-order valence-corrected chi connectivity index (χ4v) is 1.38. The maximum Gasteiger partial charge on any atom is 0.111 e. The predicted octanol–water partition coefficient (Wildman–Crippen LogP) is 0.297. The first-order valence-electron chi connectivity index (χ1n) is 4.84. The molecule has 80 valence electrons. The van der Waals surface area contributed by atoms with Crippen molar-refractivity contribution in [3.63, 3.8) is 0 Å². The second kappa shape index (κ2) is 4.22. The number of hydrogen-bond donors (Lipinski definition) is 2. The van der Waals surface area contributed by atoms with E-state index < -0.39 is 6.10 Å². The fraction of sp³-hybridized carbons (Fsp3) is 0.444. The van der Waals surface area contributed by atoms with Crippen molar-refractivity contribution in [2.24, 2.45) is 0 Å². The second-order valence-corrected chi connectivity index (χ2v) is 3.32. The molecule has 6 nitrogen and oxygen atoms in total. The minimum Gasteiger partial charge on any atom is -0.386 e. The summed E-state index contributed by atoms with van der Waals surface area (Å²) in [5, 5.41) is 23.9. The Morgan fingerprint density at radius 3 is 3.00 bits per heavy atom. The van der Waals surface area contributed by atoms with Gasteiger partial charge in [0.15, 0.2) is 0 Å². The zero-order valence-electron chi connectivity index (χ0n) is 8.46. The minimum atomic E-state index is -0.627. The molecular weight excluding hydrogens is 194 g/mol. The van der Waals surface area contributed by atoms with Crippen LogP contribution >= 0.6 is 0 Å². The van der Waals surface area contributed by atoms with E-state index in [4.69, 9.17) is 0 Å². The molecule has 0 saturated carbocycles. The standard InChI is InChI=1S/C9H13N5O/c1-2-14-6-7(4-11-14)3-9(15)8-5-10-13-12-8/h4-6,9,15H,2-3H2,1H3,(H,10,12,13). The van der Waals surface area contributed by atoms with Crippen LogP contribution in [0.4, 0.5) is 0 Å². The molecule has 0 radical (unpaired) electrons. The smallest absolute Gasteiger partial charge is 0.111 e. The summed E-state index contributed by atoms with van der Waals surface area (Å²) in [7, 11) is 0. The highest BCUT2D eigenvalue weighted by atomic mass is 16.3. The summed E-state index contributed by atoms with van der Waals surface area (Å²) in [6.45, 7) is 2.85. The highest BCUT2D eigenvalue weighted by Crippen LogP contribution is 2.14. The number of aromatic amines is 1. The SMILES string of the molecule is CCn1cc(CC(O)c2cn[nH]n2)cn1. The highest BCUT2D eigenvalue weighted by Gasteiger charge is 2.12. The third kappa shape index (κ3) is 2.21. The van der Waals surface area contributed by atoms with E-state index >= 15 is 0 Å². The van der Waals surface area contributed by atoms with E-state index in [-0.39, 0.29) is 0 Å². The largest absolute Gasteiger partial charge is 0.386 e. The van der Waals surface area contributed by atoms with E-state index in [1.807, 2.05) is 17.8 Å². The molecule has 15 heavy (non-hydrogen) atoms. The molecule has 0 bridgehead atoms. The van der Waals surface area contributed by atoms with Gasteiger partial charge in [-0.2, -0.15) is 20.5 Å². The minimum absolute atomic E-state index is 0.506.